The van der Waals surface area contributed by atoms with E-state index in [2.05, 4.69) is 22.3 Å². The number of benzene rings is 3. The number of halogens is 1. The Morgan fingerprint density at radius 1 is 0.968 bits per heavy atom. The first-order chi connectivity index (χ1) is 15.1. The summed E-state index contributed by atoms with van der Waals surface area (Å²) in [5.41, 5.74) is 3.46. The Kier molecular flexibility index (Phi) is 6.14. The van der Waals surface area contributed by atoms with Crippen LogP contribution in [0.1, 0.15) is 30.1 Å². The maximum Gasteiger partial charge on any atom is 0.287 e. The summed E-state index contributed by atoms with van der Waals surface area (Å²) in [6.07, 6.45) is 3.14. The molecule has 6 nitrogen and oxygen atoms in total. The van der Waals surface area contributed by atoms with Crippen LogP contribution in [0.15, 0.2) is 91.5 Å². The van der Waals surface area contributed by atoms with Crippen LogP contribution < -0.4 is 10.6 Å². The number of hydrogen-bond acceptors (Lipinski definition) is 3. The zero-order chi connectivity index (χ0) is 21.6. The predicted octanol–water partition coefficient (Wildman–Crippen LogP) is 3.41. The molecule has 0 saturated heterocycles. The van der Waals surface area contributed by atoms with Gasteiger partial charge in [0, 0.05) is 16.8 Å². The average molecular weight is 416 g/mol. The highest BCUT2D eigenvalue weighted by Crippen LogP contribution is 2.17. The van der Waals surface area contributed by atoms with Crippen molar-refractivity contribution in [2.75, 3.05) is 5.32 Å². The summed E-state index contributed by atoms with van der Waals surface area (Å²) in [5, 5.41) is 9.06. The van der Waals surface area contributed by atoms with Crippen LogP contribution in [-0.4, -0.2) is 20.7 Å². The highest BCUT2D eigenvalue weighted by atomic mass is 19.1. The standard InChI is InChI=1S/C24H22FN5O/c1-17(18-7-13-22(14-8-18)30-16-26-15-27-30)28-23(19-5-3-2-4-6-19)24(31)29-21-11-9-20(25)10-12-21/h2-17,23,28H,1H3,(H,29,31)/p+1/t17-,23+/m1/s1. The van der Waals surface area contributed by atoms with E-state index < -0.39 is 6.04 Å². The van der Waals surface area contributed by atoms with Gasteiger partial charge < -0.3 is 10.6 Å². The number of anilines is 1. The molecule has 3 N–H and O–H groups in total. The Hall–Kier alpha value is -3.84. The van der Waals surface area contributed by atoms with Crippen molar-refractivity contribution in [2.24, 2.45) is 0 Å². The molecule has 0 aliphatic heterocycles. The van der Waals surface area contributed by atoms with Gasteiger partial charge in [-0.15, -0.1) is 0 Å². The molecule has 0 saturated carbocycles. The van der Waals surface area contributed by atoms with Gasteiger partial charge in [0.05, 0.1) is 5.69 Å². The van der Waals surface area contributed by atoms with Crippen LogP contribution in [0.2, 0.25) is 0 Å². The molecule has 2 atom stereocenters. The van der Waals surface area contributed by atoms with Gasteiger partial charge in [0.1, 0.15) is 24.5 Å². The van der Waals surface area contributed by atoms with Crippen LogP contribution in [0, 0.1) is 5.82 Å². The normalized spacial score (nSPS) is 12.8. The molecule has 4 aromatic rings. The first-order valence-electron chi connectivity index (χ1n) is 10.0. The molecular weight excluding hydrogens is 393 g/mol. The van der Waals surface area contributed by atoms with E-state index in [1.807, 2.05) is 59.9 Å². The fourth-order valence-electron chi connectivity index (χ4n) is 3.44. The molecule has 4 rings (SSSR count). The van der Waals surface area contributed by atoms with E-state index in [0.29, 0.717) is 5.69 Å². The average Bonchev–Trinajstić information content (AvgIpc) is 3.34. The molecule has 0 fully saturated rings. The summed E-state index contributed by atoms with van der Waals surface area (Å²) in [6.45, 7) is 2.06. The number of nitrogens with one attached hydrogen (secondary N) is 1. The highest BCUT2D eigenvalue weighted by molar-refractivity contribution is 5.94. The van der Waals surface area contributed by atoms with Crippen molar-refractivity contribution in [3.05, 3.63) is 108 Å². The minimum Gasteiger partial charge on any atom is -0.326 e. The van der Waals surface area contributed by atoms with Gasteiger partial charge in [0.2, 0.25) is 0 Å². The molecule has 1 heterocycles. The van der Waals surface area contributed by atoms with Crippen LogP contribution >= 0.6 is 0 Å². The number of nitrogens with zero attached hydrogens (tertiary/aromatic N) is 3. The van der Waals surface area contributed by atoms with Gasteiger partial charge in [-0.2, -0.15) is 5.10 Å². The molecule has 7 heteroatoms. The first kappa shape index (κ1) is 20.4. The Bertz CT molecular complexity index is 1110. The van der Waals surface area contributed by atoms with E-state index in [1.54, 1.807) is 23.1 Å². The van der Waals surface area contributed by atoms with Crippen LogP contribution in [-0.2, 0) is 4.79 Å². The van der Waals surface area contributed by atoms with Crippen molar-refractivity contribution in [1.29, 1.82) is 0 Å². The monoisotopic (exact) mass is 416 g/mol. The molecule has 0 spiro atoms. The number of amides is 1. The number of carbonyl (C=O) groups excluding carboxylic acids is 1. The molecule has 0 aliphatic carbocycles. The first-order valence-corrected chi connectivity index (χ1v) is 10.0. The van der Waals surface area contributed by atoms with Crippen LogP contribution in [0.4, 0.5) is 10.1 Å². The van der Waals surface area contributed by atoms with E-state index in [4.69, 9.17) is 0 Å². The van der Waals surface area contributed by atoms with Gasteiger partial charge in [0.15, 0.2) is 6.04 Å². The van der Waals surface area contributed by atoms with E-state index in [9.17, 15) is 9.18 Å². The Morgan fingerprint density at radius 3 is 2.32 bits per heavy atom. The third-order valence-electron chi connectivity index (χ3n) is 5.14. The lowest BCUT2D eigenvalue weighted by Gasteiger charge is -2.20. The number of quaternary nitrogens is 1. The quantitative estimate of drug-likeness (QED) is 0.485. The van der Waals surface area contributed by atoms with Gasteiger partial charge in [-0.1, -0.05) is 42.5 Å². The molecule has 0 radical (unpaired) electrons. The molecule has 3 aromatic carbocycles. The van der Waals surface area contributed by atoms with Gasteiger partial charge in [-0.05, 0) is 43.3 Å². The minimum absolute atomic E-state index is 0.0222. The predicted molar refractivity (Wildman–Crippen MR) is 116 cm³/mol. The number of rotatable bonds is 7. The third-order valence-corrected chi connectivity index (χ3v) is 5.14. The fourth-order valence-corrected chi connectivity index (χ4v) is 3.44. The molecule has 0 bridgehead atoms. The van der Waals surface area contributed by atoms with E-state index in [1.165, 1.54) is 18.5 Å². The van der Waals surface area contributed by atoms with Crippen LogP contribution in [0.3, 0.4) is 0 Å². The van der Waals surface area contributed by atoms with E-state index >= 15 is 0 Å². The van der Waals surface area contributed by atoms with Crippen molar-refractivity contribution < 1.29 is 14.5 Å². The van der Waals surface area contributed by atoms with Crippen molar-refractivity contribution >= 4 is 11.6 Å². The van der Waals surface area contributed by atoms with Gasteiger partial charge in [0.25, 0.3) is 5.91 Å². The SMILES string of the molecule is C[C@@H]([NH2+][C@H](C(=O)Nc1ccc(F)cc1)c1ccccc1)c1ccc(-n2cncn2)cc1. The molecule has 1 amide bonds. The van der Waals surface area contributed by atoms with Crippen molar-refractivity contribution in [3.63, 3.8) is 0 Å². The molecule has 0 aliphatic rings. The number of aromatic nitrogens is 3. The van der Waals surface area contributed by atoms with Gasteiger partial charge >= 0.3 is 0 Å². The van der Waals surface area contributed by atoms with Crippen molar-refractivity contribution in [1.82, 2.24) is 14.8 Å². The Labute approximate surface area is 179 Å². The van der Waals surface area contributed by atoms with Gasteiger partial charge in [-0.25, -0.2) is 14.1 Å². The van der Waals surface area contributed by atoms with Crippen molar-refractivity contribution in [2.45, 2.75) is 19.0 Å². The Balaban J connectivity index is 1.52. The molecule has 31 heavy (non-hydrogen) atoms. The number of hydrogen-bond donors (Lipinski definition) is 2. The van der Waals surface area contributed by atoms with E-state index in [-0.39, 0.29) is 17.8 Å². The van der Waals surface area contributed by atoms with Gasteiger partial charge in [-0.3, -0.25) is 4.79 Å². The summed E-state index contributed by atoms with van der Waals surface area (Å²) in [7, 11) is 0. The van der Waals surface area contributed by atoms with E-state index in [0.717, 1.165) is 16.8 Å². The molecule has 1 aromatic heterocycles. The summed E-state index contributed by atoms with van der Waals surface area (Å²) in [6, 6.07) is 23.0. The maximum atomic E-state index is 13.2. The zero-order valence-corrected chi connectivity index (χ0v) is 17.0. The fraction of sp³-hybridized carbons (Fsp3) is 0.125. The topological polar surface area (TPSA) is 76.4 Å². The second-order valence-electron chi connectivity index (χ2n) is 7.30. The van der Waals surface area contributed by atoms with Crippen LogP contribution in [0.5, 0.6) is 0 Å². The minimum atomic E-state index is -0.462. The highest BCUT2D eigenvalue weighted by Gasteiger charge is 2.27. The second-order valence-corrected chi connectivity index (χ2v) is 7.30. The second kappa shape index (κ2) is 9.32. The van der Waals surface area contributed by atoms with Crippen LogP contribution in [0.25, 0.3) is 5.69 Å². The summed E-state index contributed by atoms with van der Waals surface area (Å²) >= 11 is 0. The summed E-state index contributed by atoms with van der Waals surface area (Å²) in [4.78, 5) is 17.1. The number of carbonyl (C=O) groups is 1. The lowest BCUT2D eigenvalue weighted by molar-refractivity contribution is -0.718. The number of nitrogens with two attached hydrogens (primary N) is 1. The maximum absolute atomic E-state index is 13.2. The van der Waals surface area contributed by atoms with Crippen molar-refractivity contribution in [3.8, 4) is 5.69 Å². The lowest BCUT2D eigenvalue weighted by atomic mass is 10.0. The largest absolute Gasteiger partial charge is 0.326 e. The summed E-state index contributed by atoms with van der Waals surface area (Å²) < 4.78 is 14.9. The molecular formula is C24H23FN5O+. The third kappa shape index (κ3) is 5.02. The summed E-state index contributed by atoms with van der Waals surface area (Å²) in [5.74, 6) is -0.504. The zero-order valence-electron chi connectivity index (χ0n) is 17.0. The molecule has 0 unspecified atom stereocenters. The Morgan fingerprint density at radius 2 is 1.68 bits per heavy atom. The molecule has 156 valence electrons. The lowest BCUT2D eigenvalue weighted by Crippen LogP contribution is -2.87. The smallest absolute Gasteiger partial charge is 0.287 e.